The number of thiazole rings is 1. The van der Waals surface area contributed by atoms with Gasteiger partial charge in [-0.05, 0) is 55.7 Å². The molecule has 2 aliphatic heterocycles. The average Bonchev–Trinajstić information content (AvgIpc) is 3.53. The molecular formula is C30H26ClN5OS. The van der Waals surface area contributed by atoms with Crippen LogP contribution in [0.2, 0.25) is 5.02 Å². The van der Waals surface area contributed by atoms with Gasteiger partial charge in [-0.15, -0.1) is 11.3 Å². The molecule has 1 amide bonds. The van der Waals surface area contributed by atoms with Crippen molar-refractivity contribution in [2.75, 3.05) is 31.1 Å². The van der Waals surface area contributed by atoms with Crippen LogP contribution < -0.4 is 4.90 Å². The van der Waals surface area contributed by atoms with E-state index in [1.807, 2.05) is 41.6 Å². The van der Waals surface area contributed by atoms with E-state index in [0.29, 0.717) is 29.5 Å². The van der Waals surface area contributed by atoms with Crippen molar-refractivity contribution in [1.29, 1.82) is 5.26 Å². The van der Waals surface area contributed by atoms with Crippen molar-refractivity contribution in [2.24, 2.45) is 5.41 Å². The van der Waals surface area contributed by atoms with Gasteiger partial charge in [-0.3, -0.25) is 4.79 Å². The minimum Gasteiger partial charge on any atom is -0.355 e. The van der Waals surface area contributed by atoms with E-state index in [-0.39, 0.29) is 11.3 Å². The fraction of sp³-hybridized carbons (Fsp3) is 0.267. The maximum atomic E-state index is 12.1. The third kappa shape index (κ3) is 3.87. The van der Waals surface area contributed by atoms with Gasteiger partial charge in [0, 0.05) is 53.1 Å². The number of nitriles is 1. The zero-order valence-electron chi connectivity index (χ0n) is 21.3. The Hall–Kier alpha value is -3.73. The fourth-order valence-corrected chi connectivity index (χ4v) is 7.03. The summed E-state index contributed by atoms with van der Waals surface area (Å²) in [7, 11) is 0. The fourth-order valence-electron chi connectivity index (χ4n) is 5.91. The lowest BCUT2D eigenvalue weighted by molar-refractivity contribution is -0.136. The minimum atomic E-state index is -0.0297. The summed E-state index contributed by atoms with van der Waals surface area (Å²) in [6.45, 7) is 10.6. The summed E-state index contributed by atoms with van der Waals surface area (Å²) in [5.41, 5.74) is 8.05. The van der Waals surface area contributed by atoms with E-state index in [0.717, 1.165) is 63.2 Å². The van der Waals surface area contributed by atoms with Gasteiger partial charge in [-0.2, -0.15) is 5.26 Å². The largest absolute Gasteiger partial charge is 0.355 e. The zero-order valence-corrected chi connectivity index (χ0v) is 22.9. The van der Waals surface area contributed by atoms with Gasteiger partial charge in [0.15, 0.2) is 0 Å². The van der Waals surface area contributed by atoms with Crippen LogP contribution in [-0.4, -0.2) is 47.0 Å². The normalized spacial score (nSPS) is 16.1. The van der Waals surface area contributed by atoms with Crippen LogP contribution >= 0.6 is 22.9 Å². The van der Waals surface area contributed by atoms with Crippen LogP contribution in [0.15, 0.2) is 54.6 Å². The van der Waals surface area contributed by atoms with Gasteiger partial charge < -0.3 is 9.80 Å². The molecule has 2 aromatic heterocycles. The molecule has 2 saturated heterocycles. The number of aryl methyl sites for hydroxylation is 2. The van der Waals surface area contributed by atoms with Crippen molar-refractivity contribution < 1.29 is 4.79 Å². The molecule has 0 N–H and O–H groups in total. The number of likely N-dealkylation sites (tertiary alicyclic amines) is 1. The quantitative estimate of drug-likeness (QED) is 0.281. The van der Waals surface area contributed by atoms with E-state index in [9.17, 15) is 10.1 Å². The first-order chi connectivity index (χ1) is 18.3. The van der Waals surface area contributed by atoms with Crippen molar-refractivity contribution in [3.63, 3.8) is 0 Å². The Kier molecular flexibility index (Phi) is 5.97. The predicted octanol–water partition coefficient (Wildman–Crippen LogP) is 6.39. The summed E-state index contributed by atoms with van der Waals surface area (Å²) in [5, 5.41) is 12.0. The van der Waals surface area contributed by atoms with E-state index in [2.05, 4.69) is 41.6 Å². The topological polar surface area (TPSA) is 73.1 Å². The summed E-state index contributed by atoms with van der Waals surface area (Å²) >= 11 is 8.33. The van der Waals surface area contributed by atoms with E-state index in [4.69, 9.17) is 16.6 Å². The van der Waals surface area contributed by atoms with Crippen LogP contribution in [0.4, 0.5) is 5.82 Å². The smallest absolute Gasteiger partial charge is 0.245 e. The number of carbonyl (C=O) groups is 1. The van der Waals surface area contributed by atoms with E-state index < -0.39 is 0 Å². The molecule has 0 aliphatic carbocycles. The number of halogens is 1. The molecule has 6 rings (SSSR count). The summed E-state index contributed by atoms with van der Waals surface area (Å²) in [4.78, 5) is 26.8. The second kappa shape index (κ2) is 9.23. The summed E-state index contributed by atoms with van der Waals surface area (Å²) in [6, 6.07) is 14.4. The minimum absolute atomic E-state index is 0.0186. The Morgan fingerprint density at radius 2 is 2.00 bits per heavy atom. The highest BCUT2D eigenvalue weighted by Crippen LogP contribution is 2.45. The molecule has 0 atom stereocenters. The molecule has 0 unspecified atom stereocenters. The van der Waals surface area contributed by atoms with E-state index in [1.165, 1.54) is 6.08 Å². The standard InChI is InChI=1S/C30H26ClN5OS/c1-4-26(37)36-15-30(16-36)9-10-35(14-30)29-23(13-32)27(20-7-5-6-8-24(20)31)22-11-18(2)21(12-25(22)34-29)28-19(3)33-17-38-28/h4-8,11-12,17H,1,9-10,14-16H2,2-3H3. The van der Waals surface area contributed by atoms with Crippen LogP contribution in [0, 0.1) is 30.6 Å². The van der Waals surface area contributed by atoms with Crippen molar-refractivity contribution in [1.82, 2.24) is 14.9 Å². The summed E-state index contributed by atoms with van der Waals surface area (Å²) in [5.74, 6) is 0.647. The van der Waals surface area contributed by atoms with Crippen LogP contribution in [0.5, 0.6) is 0 Å². The number of rotatable bonds is 4. The first kappa shape index (κ1) is 24.6. The molecule has 4 heterocycles. The van der Waals surface area contributed by atoms with Crippen LogP contribution in [-0.2, 0) is 4.79 Å². The zero-order chi connectivity index (χ0) is 26.6. The van der Waals surface area contributed by atoms with Gasteiger partial charge in [-0.1, -0.05) is 36.4 Å². The lowest BCUT2D eigenvalue weighted by Crippen LogP contribution is -2.59. The summed E-state index contributed by atoms with van der Waals surface area (Å²) < 4.78 is 0. The monoisotopic (exact) mass is 539 g/mol. The van der Waals surface area contributed by atoms with E-state index >= 15 is 0 Å². The Morgan fingerprint density at radius 3 is 2.68 bits per heavy atom. The van der Waals surface area contributed by atoms with Crippen LogP contribution in [0.1, 0.15) is 23.2 Å². The molecule has 0 bridgehead atoms. The molecule has 1 spiro atoms. The van der Waals surface area contributed by atoms with Gasteiger partial charge in [0.1, 0.15) is 17.5 Å². The number of anilines is 1. The van der Waals surface area contributed by atoms with Gasteiger partial charge in [0.2, 0.25) is 5.91 Å². The maximum absolute atomic E-state index is 12.1. The second-order valence-corrected chi connectivity index (χ2v) is 11.6. The number of amides is 1. The Morgan fingerprint density at radius 1 is 1.21 bits per heavy atom. The molecule has 2 fully saturated rings. The molecule has 6 nitrogen and oxygen atoms in total. The number of fused-ring (bicyclic) bond motifs is 1. The number of carbonyl (C=O) groups excluding carboxylic acids is 1. The SMILES string of the molecule is C=CC(=O)N1CC2(CCN(c3nc4cc(-c5scnc5C)c(C)cc4c(-c4ccccc4Cl)c3C#N)C2)C1. The van der Waals surface area contributed by atoms with Crippen molar-refractivity contribution in [3.8, 4) is 27.6 Å². The van der Waals surface area contributed by atoms with Gasteiger partial charge in [0.05, 0.1) is 21.6 Å². The molecule has 0 radical (unpaired) electrons. The molecular weight excluding hydrogens is 514 g/mol. The molecule has 0 saturated carbocycles. The number of aromatic nitrogens is 2. The molecule has 38 heavy (non-hydrogen) atoms. The lowest BCUT2D eigenvalue weighted by Gasteiger charge is -2.47. The van der Waals surface area contributed by atoms with Crippen molar-refractivity contribution >= 4 is 45.6 Å². The number of nitrogens with zero attached hydrogens (tertiary/aromatic N) is 5. The Bertz CT molecular complexity index is 1660. The van der Waals surface area contributed by atoms with Gasteiger partial charge in [0.25, 0.3) is 0 Å². The highest BCUT2D eigenvalue weighted by molar-refractivity contribution is 7.13. The van der Waals surface area contributed by atoms with Crippen molar-refractivity contribution in [2.45, 2.75) is 20.3 Å². The Labute approximate surface area is 230 Å². The third-order valence-corrected chi connectivity index (χ3v) is 9.13. The number of hydrogen-bond donors (Lipinski definition) is 0. The lowest BCUT2D eigenvalue weighted by atomic mass is 9.79. The highest BCUT2D eigenvalue weighted by Gasteiger charge is 2.49. The number of pyridine rings is 1. The van der Waals surface area contributed by atoms with Gasteiger partial charge in [-0.25, -0.2) is 9.97 Å². The molecule has 8 heteroatoms. The second-order valence-electron chi connectivity index (χ2n) is 10.3. The number of benzene rings is 2. The Balaban J connectivity index is 1.53. The molecule has 4 aromatic rings. The highest BCUT2D eigenvalue weighted by atomic mass is 35.5. The summed E-state index contributed by atoms with van der Waals surface area (Å²) in [6.07, 6.45) is 2.32. The first-order valence-corrected chi connectivity index (χ1v) is 13.8. The third-order valence-electron chi connectivity index (χ3n) is 7.83. The van der Waals surface area contributed by atoms with Crippen molar-refractivity contribution in [3.05, 3.63) is 76.4 Å². The average molecular weight is 540 g/mol. The predicted molar refractivity (Wildman–Crippen MR) is 154 cm³/mol. The number of hydrogen-bond acceptors (Lipinski definition) is 6. The van der Waals surface area contributed by atoms with Crippen LogP contribution in [0.25, 0.3) is 32.5 Å². The molecule has 2 aliphatic rings. The van der Waals surface area contributed by atoms with Crippen LogP contribution in [0.3, 0.4) is 0 Å². The van der Waals surface area contributed by atoms with Gasteiger partial charge >= 0.3 is 0 Å². The molecule has 2 aromatic carbocycles. The van der Waals surface area contributed by atoms with E-state index in [1.54, 1.807) is 11.3 Å². The maximum Gasteiger partial charge on any atom is 0.245 e. The first-order valence-electron chi connectivity index (χ1n) is 12.5. The molecule has 190 valence electrons.